The summed E-state index contributed by atoms with van der Waals surface area (Å²) in [6.07, 6.45) is 0. The lowest BCUT2D eigenvalue weighted by atomic mass is 10.4. The molecule has 2 heterocycles. The first-order valence-corrected chi connectivity index (χ1v) is 7.51. The fourth-order valence-electron chi connectivity index (χ4n) is 1.96. The number of rotatable bonds is 6. The first-order chi connectivity index (χ1) is 9.97. The number of amides is 1. The van der Waals surface area contributed by atoms with Gasteiger partial charge >= 0.3 is 4.87 Å². The molecular formula is C13H19N5O2S. The lowest BCUT2D eigenvalue weighted by molar-refractivity contribution is -0.121. The number of anilines is 1. The minimum absolute atomic E-state index is 0.0684. The molecule has 0 fully saturated rings. The number of aromatic nitrogens is 3. The summed E-state index contributed by atoms with van der Waals surface area (Å²) in [4.78, 5) is 23.2. The highest BCUT2D eigenvalue weighted by molar-refractivity contribution is 7.07. The van der Waals surface area contributed by atoms with Crippen LogP contribution in [0, 0.1) is 13.8 Å². The Balaban J connectivity index is 1.75. The molecule has 0 bridgehead atoms. The van der Waals surface area contributed by atoms with Gasteiger partial charge in [-0.1, -0.05) is 11.3 Å². The second kappa shape index (κ2) is 6.57. The molecule has 2 rings (SSSR count). The standard InChI is InChI=1S/C13H19N5O2S/c1-9-6-11(17(3)16-9)14-4-5-15-12(19)7-18-10(2)8-21-13(18)20/h6,8,14H,4-5,7H2,1-3H3,(H,15,19). The van der Waals surface area contributed by atoms with Gasteiger partial charge in [0.1, 0.15) is 12.4 Å². The van der Waals surface area contributed by atoms with Crippen molar-refractivity contribution in [3.63, 3.8) is 0 Å². The molecule has 0 atom stereocenters. The maximum absolute atomic E-state index is 11.8. The molecule has 0 aliphatic rings. The van der Waals surface area contributed by atoms with Crippen molar-refractivity contribution in [3.05, 3.63) is 32.5 Å². The summed E-state index contributed by atoms with van der Waals surface area (Å²) in [6, 6.07) is 1.94. The third-order valence-corrected chi connectivity index (χ3v) is 3.91. The van der Waals surface area contributed by atoms with Gasteiger partial charge in [0.15, 0.2) is 0 Å². The first kappa shape index (κ1) is 15.3. The smallest absolute Gasteiger partial charge is 0.307 e. The van der Waals surface area contributed by atoms with Gasteiger partial charge in [0, 0.05) is 37.3 Å². The van der Waals surface area contributed by atoms with E-state index in [0.717, 1.165) is 28.5 Å². The molecule has 7 nitrogen and oxygen atoms in total. The van der Waals surface area contributed by atoms with Crippen molar-refractivity contribution in [1.29, 1.82) is 0 Å². The van der Waals surface area contributed by atoms with Crippen LogP contribution in [-0.2, 0) is 18.4 Å². The van der Waals surface area contributed by atoms with Gasteiger partial charge in [0.05, 0.1) is 5.69 Å². The highest BCUT2D eigenvalue weighted by Crippen LogP contribution is 2.06. The quantitative estimate of drug-likeness (QED) is 0.761. The molecule has 2 aromatic rings. The van der Waals surface area contributed by atoms with E-state index in [1.807, 2.05) is 27.0 Å². The highest BCUT2D eigenvalue weighted by Gasteiger charge is 2.08. The van der Waals surface area contributed by atoms with Gasteiger partial charge in [-0.2, -0.15) is 5.10 Å². The average Bonchev–Trinajstić information content (AvgIpc) is 2.91. The number of hydrogen-bond donors (Lipinski definition) is 2. The first-order valence-electron chi connectivity index (χ1n) is 6.63. The topological polar surface area (TPSA) is 81.0 Å². The summed E-state index contributed by atoms with van der Waals surface area (Å²) in [5.74, 6) is 0.744. The molecule has 0 aliphatic carbocycles. The van der Waals surface area contributed by atoms with Gasteiger partial charge in [-0.15, -0.1) is 0 Å². The predicted octanol–water partition coefficient (Wildman–Crippen LogP) is 0.488. The Morgan fingerprint density at radius 3 is 2.71 bits per heavy atom. The van der Waals surface area contributed by atoms with Crippen LogP contribution in [-0.4, -0.2) is 33.3 Å². The Kier molecular flexibility index (Phi) is 4.79. The van der Waals surface area contributed by atoms with E-state index in [4.69, 9.17) is 0 Å². The molecular weight excluding hydrogens is 290 g/mol. The van der Waals surface area contributed by atoms with Crippen LogP contribution in [0.4, 0.5) is 5.82 Å². The second-order valence-electron chi connectivity index (χ2n) is 4.80. The normalized spacial score (nSPS) is 10.6. The van der Waals surface area contributed by atoms with E-state index in [9.17, 15) is 9.59 Å². The highest BCUT2D eigenvalue weighted by atomic mass is 32.1. The third kappa shape index (κ3) is 3.94. The van der Waals surface area contributed by atoms with Crippen LogP contribution >= 0.6 is 11.3 Å². The van der Waals surface area contributed by atoms with E-state index in [1.54, 1.807) is 10.1 Å². The van der Waals surface area contributed by atoms with Crippen molar-refractivity contribution in [2.75, 3.05) is 18.4 Å². The monoisotopic (exact) mass is 309 g/mol. The van der Waals surface area contributed by atoms with E-state index in [1.165, 1.54) is 4.57 Å². The zero-order valence-corrected chi connectivity index (χ0v) is 13.2. The molecule has 114 valence electrons. The van der Waals surface area contributed by atoms with Gasteiger partial charge < -0.3 is 10.6 Å². The average molecular weight is 309 g/mol. The lowest BCUT2D eigenvalue weighted by Gasteiger charge is -2.08. The molecule has 0 saturated carbocycles. The van der Waals surface area contributed by atoms with Crippen molar-refractivity contribution < 1.29 is 4.79 Å². The van der Waals surface area contributed by atoms with E-state index in [0.29, 0.717) is 13.1 Å². The molecule has 0 aromatic carbocycles. The zero-order chi connectivity index (χ0) is 15.4. The van der Waals surface area contributed by atoms with Crippen LogP contribution in [0.15, 0.2) is 16.2 Å². The number of carbonyl (C=O) groups is 1. The largest absolute Gasteiger partial charge is 0.369 e. The number of thiazole rings is 1. The molecule has 1 amide bonds. The Morgan fingerprint density at radius 1 is 1.38 bits per heavy atom. The number of hydrogen-bond acceptors (Lipinski definition) is 5. The fourth-order valence-corrected chi connectivity index (χ4v) is 2.70. The van der Waals surface area contributed by atoms with Crippen LogP contribution in [0.25, 0.3) is 0 Å². The van der Waals surface area contributed by atoms with E-state index in [2.05, 4.69) is 15.7 Å². The van der Waals surface area contributed by atoms with Crippen molar-refractivity contribution in [1.82, 2.24) is 19.7 Å². The predicted molar refractivity (Wildman–Crippen MR) is 82.8 cm³/mol. The van der Waals surface area contributed by atoms with Crippen molar-refractivity contribution >= 4 is 23.1 Å². The summed E-state index contributed by atoms with van der Waals surface area (Å²) in [7, 11) is 1.86. The Labute approximate surface area is 126 Å². The summed E-state index contributed by atoms with van der Waals surface area (Å²) >= 11 is 1.11. The van der Waals surface area contributed by atoms with Crippen molar-refractivity contribution in [2.45, 2.75) is 20.4 Å². The van der Waals surface area contributed by atoms with Crippen molar-refractivity contribution in [3.8, 4) is 0 Å². The molecule has 2 N–H and O–H groups in total. The minimum atomic E-state index is -0.165. The maximum Gasteiger partial charge on any atom is 0.307 e. The fraction of sp³-hybridized carbons (Fsp3) is 0.462. The van der Waals surface area contributed by atoms with E-state index < -0.39 is 0 Å². The van der Waals surface area contributed by atoms with Crippen LogP contribution in [0.2, 0.25) is 0 Å². The van der Waals surface area contributed by atoms with Crippen molar-refractivity contribution in [2.24, 2.45) is 7.05 Å². The van der Waals surface area contributed by atoms with Crippen LogP contribution in [0.3, 0.4) is 0 Å². The Hall–Kier alpha value is -2.09. The number of aryl methyl sites for hydroxylation is 3. The lowest BCUT2D eigenvalue weighted by Crippen LogP contribution is -2.34. The third-order valence-electron chi connectivity index (χ3n) is 3.03. The summed E-state index contributed by atoms with van der Waals surface area (Å²) in [5.41, 5.74) is 1.75. The Bertz CT molecular complexity index is 685. The SMILES string of the molecule is Cc1cc(NCCNC(=O)Cn2c(C)csc2=O)n(C)n1. The molecule has 0 unspecified atom stereocenters. The minimum Gasteiger partial charge on any atom is -0.369 e. The zero-order valence-electron chi connectivity index (χ0n) is 12.3. The van der Waals surface area contributed by atoms with Gasteiger partial charge in [0.2, 0.25) is 5.91 Å². The molecule has 2 aromatic heterocycles. The molecule has 0 aliphatic heterocycles. The number of nitrogens with zero attached hydrogens (tertiary/aromatic N) is 3. The van der Waals surface area contributed by atoms with Crippen LogP contribution < -0.4 is 15.5 Å². The van der Waals surface area contributed by atoms with Crippen LogP contribution in [0.5, 0.6) is 0 Å². The molecule has 0 radical (unpaired) electrons. The van der Waals surface area contributed by atoms with E-state index >= 15 is 0 Å². The molecule has 8 heteroatoms. The second-order valence-corrected chi connectivity index (χ2v) is 5.62. The summed E-state index contributed by atoms with van der Waals surface area (Å²) in [6.45, 7) is 4.90. The van der Waals surface area contributed by atoms with Gasteiger partial charge in [-0.05, 0) is 13.8 Å². The van der Waals surface area contributed by atoms with E-state index in [-0.39, 0.29) is 17.3 Å². The number of nitrogens with one attached hydrogen (secondary N) is 2. The van der Waals surface area contributed by atoms with Gasteiger partial charge in [0.25, 0.3) is 0 Å². The summed E-state index contributed by atoms with van der Waals surface area (Å²) < 4.78 is 3.23. The number of carbonyl (C=O) groups excluding carboxylic acids is 1. The molecule has 0 spiro atoms. The molecule has 21 heavy (non-hydrogen) atoms. The van der Waals surface area contributed by atoms with Gasteiger partial charge in [-0.25, -0.2) is 0 Å². The maximum atomic E-state index is 11.8. The molecule has 0 saturated heterocycles. The summed E-state index contributed by atoms with van der Waals surface area (Å²) in [5, 5.41) is 12.0. The van der Waals surface area contributed by atoms with Crippen LogP contribution in [0.1, 0.15) is 11.4 Å². The Morgan fingerprint density at radius 2 is 2.14 bits per heavy atom. The van der Waals surface area contributed by atoms with Gasteiger partial charge in [-0.3, -0.25) is 18.8 Å².